The maximum absolute atomic E-state index is 12.1. The first-order valence-corrected chi connectivity index (χ1v) is 8.78. The molecule has 3 aromatic rings. The second-order valence-electron chi connectivity index (χ2n) is 6.36. The highest BCUT2D eigenvalue weighted by atomic mass is 35.5. The maximum Gasteiger partial charge on any atom is 0.257 e. The van der Waals surface area contributed by atoms with Gasteiger partial charge in [0.05, 0.1) is 22.6 Å². The van der Waals surface area contributed by atoms with Crippen LogP contribution in [0.15, 0.2) is 47.3 Å². The summed E-state index contributed by atoms with van der Waals surface area (Å²) in [4.78, 5) is 25.9. The van der Waals surface area contributed by atoms with E-state index in [1.807, 2.05) is 42.5 Å². The number of benzene rings is 1. The molecule has 4 rings (SSSR count). The van der Waals surface area contributed by atoms with Gasteiger partial charge in [-0.05, 0) is 24.3 Å². The number of halogens is 1. The molecule has 0 amide bonds. The van der Waals surface area contributed by atoms with Crippen LogP contribution in [0.4, 0.5) is 5.95 Å². The molecule has 0 fully saturated rings. The normalized spacial score (nSPS) is 14.2. The number of nitrogens with two attached hydrogens (primary N) is 1. The average molecular weight is 368 g/mol. The van der Waals surface area contributed by atoms with Gasteiger partial charge < -0.3 is 5.73 Å². The lowest BCUT2D eigenvalue weighted by Gasteiger charge is -2.27. The number of nitrogens with zero attached hydrogens (tertiary/aromatic N) is 3. The van der Waals surface area contributed by atoms with Gasteiger partial charge in [0.25, 0.3) is 5.56 Å². The minimum Gasteiger partial charge on any atom is -0.369 e. The summed E-state index contributed by atoms with van der Waals surface area (Å²) in [5.41, 5.74) is 9.85. The Morgan fingerprint density at radius 2 is 1.96 bits per heavy atom. The second-order valence-corrected chi connectivity index (χ2v) is 6.79. The third kappa shape index (κ3) is 3.47. The molecule has 26 heavy (non-hydrogen) atoms. The number of pyridine rings is 1. The molecule has 0 radical (unpaired) electrons. The highest BCUT2D eigenvalue weighted by Gasteiger charge is 2.21. The zero-order valence-electron chi connectivity index (χ0n) is 14.1. The van der Waals surface area contributed by atoms with E-state index in [-0.39, 0.29) is 11.5 Å². The zero-order chi connectivity index (χ0) is 18.1. The van der Waals surface area contributed by atoms with Crippen molar-refractivity contribution in [2.45, 2.75) is 19.5 Å². The smallest absolute Gasteiger partial charge is 0.257 e. The van der Waals surface area contributed by atoms with Gasteiger partial charge in [0, 0.05) is 36.6 Å². The molecule has 0 saturated heterocycles. The first-order chi connectivity index (χ1) is 12.6. The summed E-state index contributed by atoms with van der Waals surface area (Å²) in [6.07, 6.45) is 0.709. The van der Waals surface area contributed by atoms with Crippen molar-refractivity contribution in [1.29, 1.82) is 0 Å². The molecule has 1 aromatic carbocycles. The van der Waals surface area contributed by atoms with Crippen LogP contribution in [-0.4, -0.2) is 26.4 Å². The van der Waals surface area contributed by atoms with Gasteiger partial charge in [-0.2, -0.15) is 0 Å². The van der Waals surface area contributed by atoms with Crippen LogP contribution in [0.25, 0.3) is 11.3 Å². The van der Waals surface area contributed by atoms with E-state index in [9.17, 15) is 4.79 Å². The SMILES string of the molecule is Nc1nc2c(c(=O)[nH]1)CN(Cc1cccc(-c3ccc(Cl)cc3)n1)CC2. The largest absolute Gasteiger partial charge is 0.369 e. The van der Waals surface area contributed by atoms with Gasteiger partial charge in [-0.15, -0.1) is 0 Å². The predicted molar refractivity (Wildman–Crippen MR) is 102 cm³/mol. The maximum atomic E-state index is 12.1. The standard InChI is InChI=1S/C19H18ClN5O/c20-13-6-4-12(5-7-13)16-3-1-2-14(22-16)10-25-9-8-17-15(11-25)18(26)24-19(21)23-17/h1-7H,8-11H2,(H3,21,23,24,26). The molecular weight excluding hydrogens is 350 g/mol. The Balaban J connectivity index is 1.54. The lowest BCUT2D eigenvalue weighted by molar-refractivity contribution is 0.239. The van der Waals surface area contributed by atoms with Crippen molar-refractivity contribution in [3.8, 4) is 11.3 Å². The van der Waals surface area contributed by atoms with Crippen molar-refractivity contribution in [3.05, 3.63) is 74.8 Å². The fourth-order valence-corrected chi connectivity index (χ4v) is 3.34. The first-order valence-electron chi connectivity index (χ1n) is 8.40. The molecular formula is C19H18ClN5O. The molecule has 0 atom stereocenters. The van der Waals surface area contributed by atoms with E-state index in [2.05, 4.69) is 14.9 Å². The minimum absolute atomic E-state index is 0.153. The van der Waals surface area contributed by atoms with Crippen LogP contribution < -0.4 is 11.3 Å². The predicted octanol–water partition coefficient (Wildman–Crippen LogP) is 2.63. The molecule has 6 nitrogen and oxygen atoms in total. The molecule has 0 bridgehead atoms. The number of rotatable bonds is 3. The summed E-state index contributed by atoms with van der Waals surface area (Å²) in [6.45, 7) is 2.03. The molecule has 0 saturated carbocycles. The lowest BCUT2D eigenvalue weighted by Crippen LogP contribution is -2.35. The number of fused-ring (bicyclic) bond motifs is 1. The number of hydrogen-bond acceptors (Lipinski definition) is 5. The second kappa shape index (κ2) is 6.90. The lowest BCUT2D eigenvalue weighted by atomic mass is 10.1. The number of hydrogen-bond donors (Lipinski definition) is 2. The van der Waals surface area contributed by atoms with Gasteiger partial charge in [0.2, 0.25) is 5.95 Å². The minimum atomic E-state index is -0.153. The summed E-state index contributed by atoms with van der Waals surface area (Å²) < 4.78 is 0. The molecule has 132 valence electrons. The molecule has 3 heterocycles. The van der Waals surface area contributed by atoms with Crippen molar-refractivity contribution in [3.63, 3.8) is 0 Å². The number of nitrogens with one attached hydrogen (secondary N) is 1. The van der Waals surface area contributed by atoms with E-state index in [0.29, 0.717) is 30.1 Å². The van der Waals surface area contributed by atoms with Crippen LogP contribution in [0, 0.1) is 0 Å². The molecule has 0 aliphatic carbocycles. The van der Waals surface area contributed by atoms with E-state index in [1.165, 1.54) is 0 Å². The van der Waals surface area contributed by atoms with Crippen LogP contribution >= 0.6 is 11.6 Å². The third-order valence-corrected chi connectivity index (χ3v) is 4.75. The molecule has 7 heteroatoms. The summed E-state index contributed by atoms with van der Waals surface area (Å²) in [7, 11) is 0. The summed E-state index contributed by atoms with van der Waals surface area (Å²) in [6, 6.07) is 13.6. The van der Waals surface area contributed by atoms with Crippen LogP contribution in [0.1, 0.15) is 17.0 Å². The molecule has 3 N–H and O–H groups in total. The van der Waals surface area contributed by atoms with Crippen molar-refractivity contribution in [1.82, 2.24) is 19.9 Å². The Hall–Kier alpha value is -2.70. The number of nitrogen functional groups attached to an aromatic ring is 1. The van der Waals surface area contributed by atoms with Gasteiger partial charge in [-0.25, -0.2) is 4.98 Å². The topological polar surface area (TPSA) is 87.9 Å². The Kier molecular flexibility index (Phi) is 4.44. The van der Waals surface area contributed by atoms with Gasteiger partial charge >= 0.3 is 0 Å². The third-order valence-electron chi connectivity index (χ3n) is 4.50. The first kappa shape index (κ1) is 16.8. The molecule has 0 spiro atoms. The quantitative estimate of drug-likeness (QED) is 0.743. The van der Waals surface area contributed by atoms with Gasteiger partial charge in [-0.3, -0.25) is 19.7 Å². The number of anilines is 1. The summed E-state index contributed by atoms with van der Waals surface area (Å²) >= 11 is 5.95. The summed E-state index contributed by atoms with van der Waals surface area (Å²) in [5.74, 6) is 0.180. The number of H-pyrrole nitrogens is 1. The Morgan fingerprint density at radius 1 is 1.15 bits per heavy atom. The Labute approximate surface area is 155 Å². The fraction of sp³-hybridized carbons (Fsp3) is 0.211. The fourth-order valence-electron chi connectivity index (χ4n) is 3.21. The van der Waals surface area contributed by atoms with Crippen molar-refractivity contribution in [2.24, 2.45) is 0 Å². The monoisotopic (exact) mass is 367 g/mol. The van der Waals surface area contributed by atoms with E-state index in [4.69, 9.17) is 22.3 Å². The molecule has 0 unspecified atom stereocenters. The van der Waals surface area contributed by atoms with E-state index in [1.54, 1.807) is 0 Å². The van der Waals surface area contributed by atoms with E-state index in [0.717, 1.165) is 29.2 Å². The number of aromatic nitrogens is 3. The molecule has 1 aliphatic rings. The Bertz CT molecular complexity index is 1000. The average Bonchev–Trinajstić information content (AvgIpc) is 2.63. The Morgan fingerprint density at radius 3 is 2.77 bits per heavy atom. The van der Waals surface area contributed by atoms with E-state index < -0.39 is 0 Å². The van der Waals surface area contributed by atoms with E-state index >= 15 is 0 Å². The van der Waals surface area contributed by atoms with Crippen LogP contribution in [0.3, 0.4) is 0 Å². The van der Waals surface area contributed by atoms with Crippen molar-refractivity contribution >= 4 is 17.5 Å². The van der Waals surface area contributed by atoms with Crippen molar-refractivity contribution < 1.29 is 0 Å². The van der Waals surface area contributed by atoms with Gasteiger partial charge in [-0.1, -0.05) is 29.8 Å². The highest BCUT2D eigenvalue weighted by molar-refractivity contribution is 6.30. The van der Waals surface area contributed by atoms with Crippen LogP contribution in [0.5, 0.6) is 0 Å². The number of aromatic amines is 1. The van der Waals surface area contributed by atoms with Gasteiger partial charge in [0.1, 0.15) is 0 Å². The zero-order valence-corrected chi connectivity index (χ0v) is 14.8. The van der Waals surface area contributed by atoms with Crippen LogP contribution in [0.2, 0.25) is 5.02 Å². The highest BCUT2D eigenvalue weighted by Crippen LogP contribution is 2.21. The van der Waals surface area contributed by atoms with Crippen molar-refractivity contribution in [2.75, 3.05) is 12.3 Å². The summed E-state index contributed by atoms with van der Waals surface area (Å²) in [5, 5.41) is 0.705. The van der Waals surface area contributed by atoms with Gasteiger partial charge in [0.15, 0.2) is 0 Å². The molecule has 1 aliphatic heterocycles. The molecule has 2 aromatic heterocycles. The van der Waals surface area contributed by atoms with Crippen LogP contribution in [-0.2, 0) is 19.5 Å².